The number of carboxylic acids is 1. The van der Waals surface area contributed by atoms with Gasteiger partial charge in [0.25, 0.3) is 5.24 Å². The van der Waals surface area contributed by atoms with Crippen LogP contribution in [0.3, 0.4) is 0 Å². The molecule has 0 bridgehead atoms. The van der Waals surface area contributed by atoms with Gasteiger partial charge in [-0.15, -0.1) is 0 Å². The number of halogens is 1. The number of fused-ring (bicyclic) bond motifs is 2. The van der Waals surface area contributed by atoms with E-state index in [4.69, 9.17) is 36.4 Å². The summed E-state index contributed by atoms with van der Waals surface area (Å²) >= 11 is 5.16. The van der Waals surface area contributed by atoms with E-state index in [0.29, 0.717) is 45.2 Å². The number of phenolic OH excluding ortho intramolecular Hbond substituents is 1. The van der Waals surface area contributed by atoms with Crippen LogP contribution in [0.4, 0.5) is 5.69 Å². The normalized spacial score (nSPS) is 9.84. The number of carbonyl (C=O) groups excluding carboxylic acids is 3. The van der Waals surface area contributed by atoms with Crippen LogP contribution in [-0.2, 0) is 0 Å². The van der Waals surface area contributed by atoms with Gasteiger partial charge >= 0.3 is 24.8 Å². The third-order valence-electron chi connectivity index (χ3n) is 7.91. The van der Waals surface area contributed by atoms with Crippen molar-refractivity contribution >= 4 is 62.3 Å². The van der Waals surface area contributed by atoms with Crippen LogP contribution in [0, 0.1) is 0 Å². The van der Waals surface area contributed by atoms with Crippen molar-refractivity contribution in [3.63, 3.8) is 0 Å². The molecule has 2 aromatic heterocycles. The summed E-state index contributed by atoms with van der Waals surface area (Å²) in [4.78, 5) is 52.1. The Morgan fingerprint density at radius 1 is 0.569 bits per heavy atom. The molecule has 288 valence electrons. The molecule has 0 spiro atoms. The SMILES string of the molecule is CC(=O)c1ccc(N)c(O)c1.CC(=O)c1ccc2nc(-c3ccccc3)oc2c1.O=C(Cl)c1ccccc1.O=C(O)c1ccc2nc(-c3ccccc3)oc2c1.[Li+].[OH-]. The number of carbonyl (C=O) groups is 4. The number of nitrogens with two attached hydrogens (primary N) is 1. The van der Waals surface area contributed by atoms with Crippen molar-refractivity contribution < 1.29 is 62.6 Å². The van der Waals surface area contributed by atoms with Crippen molar-refractivity contribution in [3.05, 3.63) is 168 Å². The number of aromatic nitrogens is 2. The smallest absolute Gasteiger partial charge is 0.870 e. The van der Waals surface area contributed by atoms with Crippen LogP contribution in [0.2, 0.25) is 0 Å². The Kier molecular flexibility index (Phi) is 16.9. The Morgan fingerprint density at radius 2 is 0.966 bits per heavy atom. The Labute approximate surface area is 349 Å². The second-order valence-electron chi connectivity index (χ2n) is 12.0. The second-order valence-corrected chi connectivity index (χ2v) is 12.3. The fraction of sp³-hybridized carbons (Fsp3) is 0.0455. The first-order valence-electron chi connectivity index (χ1n) is 16.9. The molecule has 6 aromatic carbocycles. The molecular weight excluding hydrogens is 757 g/mol. The van der Waals surface area contributed by atoms with Gasteiger partial charge in [-0.2, -0.15) is 0 Å². The number of carboxylic acid groups (broad SMARTS) is 1. The molecule has 2 heterocycles. The van der Waals surface area contributed by atoms with Crippen LogP contribution < -0.4 is 24.6 Å². The van der Waals surface area contributed by atoms with E-state index in [9.17, 15) is 19.2 Å². The van der Waals surface area contributed by atoms with Crippen molar-refractivity contribution in [1.29, 1.82) is 0 Å². The van der Waals surface area contributed by atoms with Crippen molar-refractivity contribution in [2.75, 3.05) is 5.73 Å². The van der Waals surface area contributed by atoms with Crippen LogP contribution in [0.15, 0.2) is 154 Å². The van der Waals surface area contributed by atoms with Crippen molar-refractivity contribution in [2.45, 2.75) is 13.8 Å². The van der Waals surface area contributed by atoms with E-state index < -0.39 is 11.2 Å². The van der Waals surface area contributed by atoms with Gasteiger partial charge in [0.2, 0.25) is 11.8 Å². The van der Waals surface area contributed by atoms with Gasteiger partial charge in [0.05, 0.1) is 11.3 Å². The third kappa shape index (κ3) is 12.3. The van der Waals surface area contributed by atoms with Gasteiger partial charge in [0.15, 0.2) is 22.7 Å². The minimum Gasteiger partial charge on any atom is -0.870 e. The number of nitrogens with zero attached hydrogens (tertiary/aromatic N) is 2. The number of Topliss-reactive ketones (excluding diaryl/α,β-unsaturated/α-hetero) is 2. The number of benzene rings is 6. The summed E-state index contributed by atoms with van der Waals surface area (Å²) in [6.07, 6.45) is 0. The first kappa shape index (κ1) is 45.6. The Balaban J connectivity index is 0.000000213. The maximum Gasteiger partial charge on any atom is 1.00 e. The molecule has 8 rings (SSSR count). The summed E-state index contributed by atoms with van der Waals surface area (Å²) in [5, 5.41) is 17.6. The van der Waals surface area contributed by atoms with E-state index in [1.807, 2.05) is 72.8 Å². The first-order valence-corrected chi connectivity index (χ1v) is 17.3. The summed E-state index contributed by atoms with van der Waals surface area (Å²) in [7, 11) is 0. The molecular formula is C44H35ClLiN3O9. The maximum atomic E-state index is 11.3. The third-order valence-corrected chi connectivity index (χ3v) is 8.13. The Hall–Kier alpha value is -6.81. The maximum absolute atomic E-state index is 11.3. The average Bonchev–Trinajstić information content (AvgIpc) is 3.85. The van der Waals surface area contributed by atoms with Crippen LogP contribution in [0.25, 0.3) is 45.1 Å². The largest absolute Gasteiger partial charge is 1.00 e. The molecule has 14 heteroatoms. The summed E-state index contributed by atoms with van der Waals surface area (Å²) < 4.78 is 11.3. The minimum atomic E-state index is -0.977. The first-order chi connectivity index (χ1) is 26.9. The van der Waals surface area contributed by atoms with Gasteiger partial charge in [-0.25, -0.2) is 14.8 Å². The standard InChI is InChI=1S/C15H11NO2.C14H9NO3.C8H9NO2.C7H5ClO.Li.H2O/c1-10(17)12-7-8-13-14(9-12)18-15(16-13)11-5-3-2-4-6-11;16-14(17)10-6-7-11-12(8-10)18-13(15-11)9-4-2-1-3-5-9;1-5(10)6-2-3-7(9)8(11)4-6;8-7(9)6-4-2-1-3-5-6;;/h2-9H,1H3;1-8H,(H,16,17);2-4,11H,9H2,1H3;1-5H;;1H2/q;;;;+1;/p-1. The van der Waals surface area contributed by atoms with Crippen molar-refractivity contribution in [2.24, 2.45) is 0 Å². The van der Waals surface area contributed by atoms with E-state index >= 15 is 0 Å². The van der Waals surface area contributed by atoms with Crippen LogP contribution in [0.5, 0.6) is 5.75 Å². The van der Waals surface area contributed by atoms with Gasteiger partial charge in [0.1, 0.15) is 16.8 Å². The molecule has 12 nitrogen and oxygen atoms in total. The minimum absolute atomic E-state index is 0. The van der Waals surface area contributed by atoms with Crippen LogP contribution in [0.1, 0.15) is 55.3 Å². The molecule has 0 unspecified atom stereocenters. The van der Waals surface area contributed by atoms with Crippen LogP contribution in [-0.4, -0.2) is 48.4 Å². The van der Waals surface area contributed by atoms with Gasteiger partial charge in [0, 0.05) is 27.8 Å². The second kappa shape index (κ2) is 21.5. The van der Waals surface area contributed by atoms with Gasteiger partial charge in [-0.3, -0.25) is 14.4 Å². The predicted octanol–water partition coefficient (Wildman–Crippen LogP) is 6.96. The molecule has 0 amide bonds. The predicted molar refractivity (Wildman–Crippen MR) is 217 cm³/mol. The number of hydrogen-bond acceptors (Lipinski definition) is 11. The zero-order valence-electron chi connectivity index (χ0n) is 31.5. The molecule has 0 aliphatic carbocycles. The molecule has 0 radical (unpaired) electrons. The number of anilines is 1. The Bertz CT molecular complexity index is 2500. The molecule has 0 aliphatic rings. The number of ketones is 2. The van der Waals surface area contributed by atoms with E-state index in [1.54, 1.807) is 48.5 Å². The quantitative estimate of drug-likeness (QED) is 0.0512. The van der Waals surface area contributed by atoms with E-state index in [0.717, 1.165) is 16.6 Å². The van der Waals surface area contributed by atoms with Gasteiger partial charge in [-0.1, -0.05) is 66.7 Å². The van der Waals surface area contributed by atoms with Gasteiger partial charge < -0.3 is 30.3 Å². The zero-order chi connectivity index (χ0) is 40.2. The van der Waals surface area contributed by atoms with Crippen molar-refractivity contribution in [1.82, 2.24) is 9.97 Å². The van der Waals surface area contributed by atoms with Crippen LogP contribution >= 0.6 is 11.6 Å². The number of oxazole rings is 2. The molecule has 0 fully saturated rings. The molecule has 0 saturated carbocycles. The van der Waals surface area contributed by atoms with E-state index in [1.165, 1.54) is 38.1 Å². The summed E-state index contributed by atoms with van der Waals surface area (Å²) in [5.74, 6) is -0.0124. The summed E-state index contributed by atoms with van der Waals surface area (Å²) in [6, 6.07) is 42.3. The molecule has 8 aromatic rings. The average molecular weight is 792 g/mol. The van der Waals surface area contributed by atoms with E-state index in [2.05, 4.69) is 9.97 Å². The number of aromatic hydroxyl groups is 1. The summed E-state index contributed by atoms with van der Waals surface area (Å²) in [5.41, 5.74) is 11.8. The zero-order valence-corrected chi connectivity index (χ0v) is 32.3. The molecule has 0 atom stereocenters. The Morgan fingerprint density at radius 3 is 1.36 bits per heavy atom. The van der Waals surface area contributed by atoms with Crippen molar-refractivity contribution in [3.8, 4) is 28.7 Å². The topological polar surface area (TPSA) is 217 Å². The number of hydrogen-bond donors (Lipinski definition) is 3. The fourth-order valence-corrected chi connectivity index (χ4v) is 5.07. The van der Waals surface area contributed by atoms with E-state index in [-0.39, 0.29) is 52.9 Å². The molecule has 0 saturated heterocycles. The number of nitrogen functional groups attached to an aromatic ring is 1. The molecule has 5 N–H and O–H groups in total. The monoisotopic (exact) mass is 791 g/mol. The summed E-state index contributed by atoms with van der Waals surface area (Å²) in [6.45, 7) is 2.97. The van der Waals surface area contributed by atoms with Gasteiger partial charge in [-0.05, 0) is 104 Å². The molecule has 0 aliphatic heterocycles. The molecule has 58 heavy (non-hydrogen) atoms. The number of phenols is 1. The number of aromatic carboxylic acids is 1. The number of rotatable bonds is 6. The fourth-order valence-electron chi connectivity index (χ4n) is 4.94.